The summed E-state index contributed by atoms with van der Waals surface area (Å²) in [4.78, 5) is 73.2. The number of ketones is 1. The predicted molar refractivity (Wildman–Crippen MR) is 140 cm³/mol. The molecule has 3 unspecified atom stereocenters. The largest absolute Gasteiger partial charge is 0.394 e. The minimum atomic E-state index is -1.20. The molecule has 4 fully saturated rings. The first-order valence-electron chi connectivity index (χ1n) is 13.0. The van der Waals surface area contributed by atoms with Crippen molar-refractivity contribution in [3.63, 3.8) is 0 Å². The van der Waals surface area contributed by atoms with Gasteiger partial charge in [-0.15, -0.1) is 6.58 Å². The van der Waals surface area contributed by atoms with E-state index >= 15 is 0 Å². The molecule has 0 saturated carbocycles. The fourth-order valence-corrected chi connectivity index (χ4v) is 6.35. The third-order valence-electron chi connectivity index (χ3n) is 7.78. The van der Waals surface area contributed by atoms with Gasteiger partial charge in [-0.3, -0.25) is 34.2 Å². The van der Waals surface area contributed by atoms with Crippen LogP contribution in [0.3, 0.4) is 0 Å². The van der Waals surface area contributed by atoms with E-state index in [-0.39, 0.29) is 50.5 Å². The van der Waals surface area contributed by atoms with Crippen molar-refractivity contribution in [1.82, 2.24) is 29.8 Å². The number of amides is 4. The Balaban J connectivity index is 1.76. The smallest absolute Gasteiger partial charge is 0.250 e. The molecule has 0 bridgehead atoms. The second-order valence-corrected chi connectivity index (χ2v) is 11.0. The van der Waals surface area contributed by atoms with Gasteiger partial charge in [0.15, 0.2) is 5.11 Å². The van der Waals surface area contributed by atoms with Crippen molar-refractivity contribution >= 4 is 46.7 Å². The molecule has 0 aromatic rings. The fraction of sp³-hybridized carbons (Fsp3) is 0.680. The fourth-order valence-electron chi connectivity index (χ4n) is 5.91. The number of aliphatic hydroxyl groups excluding tert-OH is 1. The van der Waals surface area contributed by atoms with E-state index in [0.717, 1.165) is 17.7 Å². The zero-order valence-electron chi connectivity index (χ0n) is 22.0. The van der Waals surface area contributed by atoms with Crippen molar-refractivity contribution in [2.45, 2.75) is 63.9 Å². The van der Waals surface area contributed by atoms with Crippen LogP contribution in [0.15, 0.2) is 12.7 Å². The molecule has 12 nitrogen and oxygen atoms in total. The number of hydrogen-bond acceptors (Lipinski definition) is 8. The molecule has 4 aliphatic heterocycles. The summed E-state index contributed by atoms with van der Waals surface area (Å²) in [5, 5.41) is 13.2. The molecule has 0 aromatic carbocycles. The van der Waals surface area contributed by atoms with E-state index in [4.69, 9.17) is 12.2 Å². The van der Waals surface area contributed by atoms with Crippen molar-refractivity contribution in [1.29, 1.82) is 0 Å². The van der Waals surface area contributed by atoms with Gasteiger partial charge in [-0.05, 0) is 37.9 Å². The number of nitrogens with zero attached hydrogens (tertiary/aromatic N) is 5. The Labute approximate surface area is 227 Å². The van der Waals surface area contributed by atoms with Crippen LogP contribution in [0.5, 0.6) is 0 Å². The van der Waals surface area contributed by atoms with Crippen LogP contribution in [0.4, 0.5) is 0 Å². The van der Waals surface area contributed by atoms with E-state index in [1.807, 2.05) is 18.7 Å². The normalized spacial score (nSPS) is 30.3. The van der Waals surface area contributed by atoms with Gasteiger partial charge < -0.3 is 24.7 Å². The quantitative estimate of drug-likeness (QED) is 0.230. The highest BCUT2D eigenvalue weighted by Crippen LogP contribution is 2.31. The van der Waals surface area contributed by atoms with E-state index in [1.165, 1.54) is 22.8 Å². The van der Waals surface area contributed by atoms with Gasteiger partial charge in [0.05, 0.1) is 44.9 Å². The SMILES string of the molecule is C=C[C@@H]1C(=O)N(CC(C)=O)CC2N(C(=S)N3CCCC3CO)C[C@@H](N3C(=O)CNC(C(C)C)C3=O)C(=O)N21. The molecule has 4 heterocycles. The maximum absolute atomic E-state index is 14.0. The summed E-state index contributed by atoms with van der Waals surface area (Å²) in [5.41, 5.74) is 0. The number of aliphatic hydroxyl groups is 1. The summed E-state index contributed by atoms with van der Waals surface area (Å²) in [5.74, 6) is -2.35. The number of thiocarbonyl (C=S) groups is 1. The Morgan fingerprint density at radius 3 is 2.47 bits per heavy atom. The van der Waals surface area contributed by atoms with Crippen LogP contribution in [-0.2, 0) is 24.0 Å². The first kappa shape index (κ1) is 28.1. The van der Waals surface area contributed by atoms with Crippen molar-refractivity contribution in [3.8, 4) is 0 Å². The van der Waals surface area contributed by atoms with Crippen LogP contribution in [0.1, 0.15) is 33.6 Å². The number of hydrogen-bond donors (Lipinski definition) is 2. The van der Waals surface area contributed by atoms with E-state index < -0.39 is 47.9 Å². The van der Waals surface area contributed by atoms with Gasteiger partial charge in [0.25, 0.3) is 0 Å². The predicted octanol–water partition coefficient (Wildman–Crippen LogP) is -1.46. The van der Waals surface area contributed by atoms with Crippen LogP contribution < -0.4 is 5.32 Å². The molecule has 0 radical (unpaired) electrons. The summed E-state index contributed by atoms with van der Waals surface area (Å²) >= 11 is 5.90. The lowest BCUT2D eigenvalue weighted by Gasteiger charge is -2.56. The molecule has 38 heavy (non-hydrogen) atoms. The van der Waals surface area contributed by atoms with Crippen molar-refractivity contribution in [3.05, 3.63) is 12.7 Å². The van der Waals surface area contributed by atoms with Crippen LogP contribution >= 0.6 is 12.2 Å². The Bertz CT molecular complexity index is 1050. The van der Waals surface area contributed by atoms with E-state index in [9.17, 15) is 29.1 Å². The van der Waals surface area contributed by atoms with E-state index in [2.05, 4.69) is 11.9 Å². The number of piperazine rings is 2. The number of Topliss-reactive ketones (excluding diaryl/α,β-unsaturated/α-hetero) is 1. The van der Waals surface area contributed by atoms with Gasteiger partial charge in [-0.2, -0.15) is 0 Å². The molecule has 0 spiro atoms. The highest BCUT2D eigenvalue weighted by molar-refractivity contribution is 7.80. The van der Waals surface area contributed by atoms with E-state index in [0.29, 0.717) is 11.7 Å². The van der Waals surface area contributed by atoms with Gasteiger partial charge in [-0.25, -0.2) is 0 Å². The number of fused-ring (bicyclic) bond motifs is 1. The van der Waals surface area contributed by atoms with Crippen LogP contribution in [0.2, 0.25) is 0 Å². The minimum absolute atomic E-state index is 0.0249. The summed E-state index contributed by atoms with van der Waals surface area (Å²) < 4.78 is 0. The number of imide groups is 1. The average Bonchev–Trinajstić information content (AvgIpc) is 3.34. The molecule has 2 N–H and O–H groups in total. The van der Waals surface area contributed by atoms with Gasteiger partial charge >= 0.3 is 0 Å². The lowest BCUT2D eigenvalue weighted by Crippen LogP contribution is -2.78. The Kier molecular flexibility index (Phi) is 8.19. The minimum Gasteiger partial charge on any atom is -0.394 e. The van der Waals surface area contributed by atoms with Gasteiger partial charge in [0, 0.05) is 6.54 Å². The third kappa shape index (κ3) is 4.82. The van der Waals surface area contributed by atoms with Crippen molar-refractivity contribution < 1.29 is 29.1 Å². The molecule has 208 valence electrons. The lowest BCUT2D eigenvalue weighted by atomic mass is 9.96. The maximum atomic E-state index is 14.0. The monoisotopic (exact) mass is 548 g/mol. The molecule has 4 rings (SSSR count). The maximum Gasteiger partial charge on any atom is 0.250 e. The van der Waals surface area contributed by atoms with Crippen molar-refractivity contribution in [2.24, 2.45) is 5.92 Å². The number of rotatable bonds is 6. The number of likely N-dealkylation sites (tertiary alicyclic amines) is 1. The second kappa shape index (κ2) is 11.1. The Hall–Kier alpha value is -2.90. The van der Waals surface area contributed by atoms with Crippen molar-refractivity contribution in [2.75, 3.05) is 39.3 Å². The summed E-state index contributed by atoms with van der Waals surface area (Å²) in [6, 6.07) is -3.14. The first-order valence-corrected chi connectivity index (χ1v) is 13.4. The highest BCUT2D eigenvalue weighted by atomic mass is 32.1. The van der Waals surface area contributed by atoms with Gasteiger partial charge in [0.1, 0.15) is 24.0 Å². The van der Waals surface area contributed by atoms with Gasteiger partial charge in [0.2, 0.25) is 23.6 Å². The first-order chi connectivity index (χ1) is 18.0. The Morgan fingerprint density at radius 2 is 1.87 bits per heavy atom. The number of carbonyl (C=O) groups excluding carboxylic acids is 5. The molecular weight excluding hydrogens is 512 g/mol. The summed E-state index contributed by atoms with van der Waals surface area (Å²) in [6.07, 6.45) is 2.18. The lowest BCUT2D eigenvalue weighted by molar-refractivity contribution is -0.175. The standard InChI is InChI=1S/C25H36N6O6S/c1-5-17-22(35)27(10-15(4)33)12-19-29(25(38)28-8-6-7-16(28)13-32)11-18(23(36)30(17)19)31-20(34)9-26-21(14(2)3)24(31)37/h5,14,16-19,21,26,32H,1,6-13H2,2-4H3/t16?,17-,18-,19?,21?/m1/s1. The number of nitrogens with one attached hydrogen (secondary N) is 1. The molecule has 13 heteroatoms. The average molecular weight is 549 g/mol. The topological polar surface area (TPSA) is 134 Å². The zero-order valence-corrected chi connectivity index (χ0v) is 22.9. The summed E-state index contributed by atoms with van der Waals surface area (Å²) in [6.45, 7) is 9.12. The molecule has 4 saturated heterocycles. The summed E-state index contributed by atoms with van der Waals surface area (Å²) in [7, 11) is 0. The molecular formula is C25H36N6O6S. The van der Waals surface area contributed by atoms with Crippen LogP contribution in [-0.4, -0.2) is 134 Å². The van der Waals surface area contributed by atoms with E-state index in [1.54, 1.807) is 4.90 Å². The highest BCUT2D eigenvalue weighted by Gasteiger charge is 2.55. The molecule has 0 aromatic heterocycles. The zero-order chi connectivity index (χ0) is 27.9. The molecule has 4 aliphatic rings. The molecule has 0 aliphatic carbocycles. The van der Waals surface area contributed by atoms with Crippen LogP contribution in [0, 0.1) is 5.92 Å². The second-order valence-electron chi connectivity index (χ2n) is 10.7. The number of carbonyl (C=O) groups is 5. The van der Waals surface area contributed by atoms with Crippen LogP contribution in [0.25, 0.3) is 0 Å². The molecule has 4 amide bonds. The third-order valence-corrected chi connectivity index (χ3v) is 8.25. The van der Waals surface area contributed by atoms with Gasteiger partial charge in [-0.1, -0.05) is 19.9 Å². The molecule has 5 atom stereocenters. The Morgan fingerprint density at radius 1 is 1.16 bits per heavy atom.